The van der Waals surface area contributed by atoms with Gasteiger partial charge in [-0.25, -0.2) is 4.98 Å². The number of hydrogen-bond acceptors (Lipinski definition) is 6. The Labute approximate surface area is 196 Å². The highest BCUT2D eigenvalue weighted by molar-refractivity contribution is 5.92. The average Bonchev–Trinajstić information content (AvgIpc) is 2.84. The molecule has 0 atom stereocenters. The zero-order valence-electron chi connectivity index (χ0n) is 19.9. The van der Waals surface area contributed by atoms with Crippen LogP contribution in [0.2, 0.25) is 0 Å². The number of aromatic nitrogens is 2. The predicted molar refractivity (Wildman–Crippen MR) is 128 cm³/mol. The lowest BCUT2D eigenvalue weighted by Crippen LogP contribution is -2.49. The van der Waals surface area contributed by atoms with E-state index in [4.69, 9.17) is 4.74 Å². The van der Waals surface area contributed by atoms with Crippen molar-refractivity contribution in [2.45, 2.75) is 33.6 Å². The molecule has 0 unspecified atom stereocenters. The molecule has 2 heterocycles. The van der Waals surface area contributed by atoms with E-state index in [-0.39, 0.29) is 11.8 Å². The molecule has 1 aliphatic heterocycles. The Hall–Kier alpha value is -3.16. The topological polar surface area (TPSA) is 78.9 Å². The van der Waals surface area contributed by atoms with Gasteiger partial charge in [0.1, 0.15) is 11.4 Å². The number of hydrogen-bond donors (Lipinski definition) is 0. The van der Waals surface area contributed by atoms with Crippen LogP contribution in [0, 0.1) is 5.92 Å². The normalized spacial score (nSPS) is 13.8. The van der Waals surface area contributed by atoms with Crippen molar-refractivity contribution in [2.24, 2.45) is 5.92 Å². The van der Waals surface area contributed by atoms with Crippen LogP contribution in [0.3, 0.4) is 0 Å². The van der Waals surface area contributed by atoms with Crippen molar-refractivity contribution in [3.63, 3.8) is 0 Å². The van der Waals surface area contributed by atoms with Gasteiger partial charge in [0.25, 0.3) is 5.91 Å². The summed E-state index contributed by atoms with van der Waals surface area (Å²) in [5, 5.41) is 0. The zero-order chi connectivity index (χ0) is 23.6. The highest BCUT2D eigenvalue weighted by atomic mass is 16.5. The van der Waals surface area contributed by atoms with Crippen LogP contribution in [0.25, 0.3) is 0 Å². The molecule has 1 saturated heterocycles. The fraction of sp³-hybridized carbons (Fsp3) is 0.520. The van der Waals surface area contributed by atoms with Crippen molar-refractivity contribution in [1.29, 1.82) is 0 Å². The van der Waals surface area contributed by atoms with Gasteiger partial charge in [0.2, 0.25) is 5.91 Å². The van der Waals surface area contributed by atoms with Crippen LogP contribution in [0.4, 0.5) is 5.69 Å². The molecule has 1 aromatic heterocycles. The van der Waals surface area contributed by atoms with Gasteiger partial charge in [-0.3, -0.25) is 14.6 Å². The van der Waals surface area contributed by atoms with Crippen LogP contribution in [0.15, 0.2) is 42.9 Å². The lowest BCUT2D eigenvalue weighted by molar-refractivity contribution is -0.131. The van der Waals surface area contributed by atoms with Gasteiger partial charge in [-0.1, -0.05) is 26.0 Å². The van der Waals surface area contributed by atoms with Crippen molar-refractivity contribution in [3.05, 3.63) is 48.5 Å². The predicted octanol–water partition coefficient (Wildman–Crippen LogP) is 3.10. The van der Waals surface area contributed by atoms with Crippen LogP contribution in [-0.4, -0.2) is 77.5 Å². The number of nitrogens with zero attached hydrogens (tertiary/aromatic N) is 5. The van der Waals surface area contributed by atoms with E-state index in [1.54, 1.807) is 11.1 Å². The van der Waals surface area contributed by atoms with E-state index < -0.39 is 0 Å². The summed E-state index contributed by atoms with van der Waals surface area (Å²) in [4.78, 5) is 39.9. The largest absolute Gasteiger partial charge is 0.492 e. The third-order valence-electron chi connectivity index (χ3n) is 5.78. The van der Waals surface area contributed by atoms with E-state index in [2.05, 4.69) is 34.8 Å². The first-order valence-electron chi connectivity index (χ1n) is 11.8. The molecule has 2 aromatic rings. The van der Waals surface area contributed by atoms with Gasteiger partial charge in [-0.15, -0.1) is 0 Å². The van der Waals surface area contributed by atoms with Crippen LogP contribution >= 0.6 is 0 Å². The van der Waals surface area contributed by atoms with Crippen molar-refractivity contribution >= 4 is 17.5 Å². The highest BCUT2D eigenvalue weighted by Gasteiger charge is 2.24. The Balaban J connectivity index is 1.55. The second-order valence-corrected chi connectivity index (χ2v) is 8.58. The maximum absolute atomic E-state index is 12.9. The molecule has 0 aliphatic carbocycles. The molecule has 3 rings (SSSR count). The molecule has 1 fully saturated rings. The number of ether oxygens (including phenoxy) is 1. The number of rotatable bonds is 10. The summed E-state index contributed by atoms with van der Waals surface area (Å²) in [5.41, 5.74) is 1.39. The van der Waals surface area contributed by atoms with Crippen molar-refractivity contribution < 1.29 is 14.3 Å². The van der Waals surface area contributed by atoms with E-state index in [1.807, 2.05) is 30.0 Å². The van der Waals surface area contributed by atoms with Crippen LogP contribution in [0.1, 0.15) is 44.1 Å². The van der Waals surface area contributed by atoms with Gasteiger partial charge in [0.05, 0.1) is 18.5 Å². The van der Waals surface area contributed by atoms with Gasteiger partial charge in [0.15, 0.2) is 0 Å². The SMILES string of the molecule is CCOc1ccccc1N1CCN(C(=O)CCN(CCC(C)C)C(=O)c2cnccn2)CC1. The third-order valence-corrected chi connectivity index (χ3v) is 5.78. The Morgan fingerprint density at radius 3 is 2.52 bits per heavy atom. The molecule has 0 spiro atoms. The summed E-state index contributed by atoms with van der Waals surface area (Å²) >= 11 is 0. The molecule has 8 nitrogen and oxygen atoms in total. The van der Waals surface area contributed by atoms with Crippen molar-refractivity contribution in [1.82, 2.24) is 19.8 Å². The Morgan fingerprint density at radius 1 is 1.09 bits per heavy atom. The third kappa shape index (κ3) is 6.91. The molecule has 0 radical (unpaired) electrons. The molecule has 0 saturated carbocycles. The molecular formula is C25H35N5O3. The molecule has 33 heavy (non-hydrogen) atoms. The number of amides is 2. The minimum absolute atomic E-state index is 0.0780. The number of anilines is 1. The Morgan fingerprint density at radius 2 is 1.85 bits per heavy atom. The van der Waals surface area contributed by atoms with E-state index >= 15 is 0 Å². The van der Waals surface area contributed by atoms with E-state index in [9.17, 15) is 9.59 Å². The fourth-order valence-electron chi connectivity index (χ4n) is 3.88. The van der Waals surface area contributed by atoms with E-state index in [0.29, 0.717) is 50.8 Å². The second kappa shape index (κ2) is 12.2. The Bertz CT molecular complexity index is 898. The molecule has 1 aromatic carbocycles. The van der Waals surface area contributed by atoms with Gasteiger partial charge in [-0.05, 0) is 31.4 Å². The monoisotopic (exact) mass is 453 g/mol. The van der Waals surface area contributed by atoms with Gasteiger partial charge < -0.3 is 19.4 Å². The van der Waals surface area contributed by atoms with Crippen molar-refractivity contribution in [3.8, 4) is 5.75 Å². The first-order valence-corrected chi connectivity index (χ1v) is 11.8. The molecule has 0 bridgehead atoms. The molecule has 8 heteroatoms. The van der Waals surface area contributed by atoms with Crippen LogP contribution < -0.4 is 9.64 Å². The maximum Gasteiger partial charge on any atom is 0.274 e. The molecule has 178 valence electrons. The summed E-state index contributed by atoms with van der Waals surface area (Å²) in [5.74, 6) is 1.25. The number of carbonyl (C=O) groups excluding carboxylic acids is 2. The second-order valence-electron chi connectivity index (χ2n) is 8.58. The van der Waals surface area contributed by atoms with Gasteiger partial charge in [0, 0.05) is 58.1 Å². The average molecular weight is 454 g/mol. The number of carbonyl (C=O) groups is 2. The summed E-state index contributed by atoms with van der Waals surface area (Å²) < 4.78 is 5.76. The quantitative estimate of drug-likeness (QED) is 0.550. The summed E-state index contributed by atoms with van der Waals surface area (Å²) in [6.45, 7) is 10.7. The first-order chi connectivity index (χ1) is 16.0. The van der Waals surface area contributed by atoms with E-state index in [0.717, 1.165) is 30.9 Å². The number of benzene rings is 1. The summed E-state index contributed by atoms with van der Waals surface area (Å²) in [6.07, 6.45) is 5.72. The Kier molecular flexibility index (Phi) is 9.04. The molecular weight excluding hydrogens is 418 g/mol. The maximum atomic E-state index is 12.9. The first kappa shape index (κ1) is 24.5. The highest BCUT2D eigenvalue weighted by Crippen LogP contribution is 2.28. The fourth-order valence-corrected chi connectivity index (χ4v) is 3.88. The van der Waals surface area contributed by atoms with Crippen LogP contribution in [0.5, 0.6) is 5.75 Å². The summed E-state index contributed by atoms with van der Waals surface area (Å²) in [6, 6.07) is 8.03. The van der Waals surface area contributed by atoms with Crippen LogP contribution in [-0.2, 0) is 4.79 Å². The molecule has 1 aliphatic rings. The smallest absolute Gasteiger partial charge is 0.274 e. The lowest BCUT2D eigenvalue weighted by Gasteiger charge is -2.37. The number of para-hydroxylation sites is 2. The lowest BCUT2D eigenvalue weighted by atomic mass is 10.1. The standard InChI is InChI=1S/C25H35N5O3/c1-4-33-23-8-6-5-7-22(23)28-15-17-29(18-16-28)24(31)10-14-30(13-9-20(2)3)25(32)21-19-26-11-12-27-21/h5-8,11-12,19-20H,4,9-10,13-18H2,1-3H3. The zero-order valence-corrected chi connectivity index (χ0v) is 19.9. The van der Waals surface area contributed by atoms with Crippen molar-refractivity contribution in [2.75, 3.05) is 50.8 Å². The molecule has 0 N–H and O–H groups in total. The van der Waals surface area contributed by atoms with Gasteiger partial charge in [-0.2, -0.15) is 0 Å². The number of piperazine rings is 1. The van der Waals surface area contributed by atoms with Gasteiger partial charge >= 0.3 is 0 Å². The minimum Gasteiger partial charge on any atom is -0.492 e. The molecule has 2 amide bonds. The minimum atomic E-state index is -0.172. The summed E-state index contributed by atoms with van der Waals surface area (Å²) in [7, 11) is 0. The van der Waals surface area contributed by atoms with E-state index in [1.165, 1.54) is 12.4 Å².